The fourth-order valence-corrected chi connectivity index (χ4v) is 8.31. The molecule has 3 saturated carbocycles. The molecule has 0 aromatic carbocycles. The van der Waals surface area contributed by atoms with Gasteiger partial charge in [0.25, 0.3) is 0 Å². The summed E-state index contributed by atoms with van der Waals surface area (Å²) in [5, 5.41) is 27.9. The quantitative estimate of drug-likeness (QED) is 0.170. The summed E-state index contributed by atoms with van der Waals surface area (Å²) in [6.45, 7) is 37.9. The second-order valence-electron chi connectivity index (χ2n) is 22.4. The van der Waals surface area contributed by atoms with Crippen LogP contribution in [0.3, 0.4) is 0 Å². The highest BCUT2D eigenvalue weighted by atomic mass is 16.6. The Labute approximate surface area is 329 Å². The molecule has 0 amide bonds. The van der Waals surface area contributed by atoms with E-state index in [0.29, 0.717) is 40.6 Å². The van der Waals surface area contributed by atoms with Crippen molar-refractivity contribution in [3.8, 4) is 0 Å². The molecule has 4 rings (SSSR count). The lowest BCUT2D eigenvalue weighted by Gasteiger charge is -2.41. The predicted octanol–water partition coefficient (Wildman–Crippen LogP) is 10.9. The van der Waals surface area contributed by atoms with E-state index in [1.54, 1.807) is 0 Å². The minimum Gasteiger partial charge on any atom is -0.393 e. The minimum absolute atomic E-state index is 0.0233. The zero-order chi connectivity index (χ0) is 41.1. The monoisotopic (exact) mass is 757 g/mol. The molecule has 0 bridgehead atoms. The van der Waals surface area contributed by atoms with Gasteiger partial charge in [0.15, 0.2) is 0 Å². The summed E-state index contributed by atoms with van der Waals surface area (Å²) in [7, 11) is 0. The number of aliphatic hydroxyl groups is 3. The molecule has 1 saturated heterocycles. The molecule has 4 aliphatic rings. The van der Waals surface area contributed by atoms with Gasteiger partial charge in [0.1, 0.15) is 0 Å². The van der Waals surface area contributed by atoms with Gasteiger partial charge >= 0.3 is 0 Å². The Morgan fingerprint density at radius 3 is 1.19 bits per heavy atom. The van der Waals surface area contributed by atoms with E-state index in [1.165, 1.54) is 77.0 Å². The Bertz CT molecular complexity index is 1010. The van der Waals surface area contributed by atoms with E-state index in [-0.39, 0.29) is 42.7 Å². The average Bonchev–Trinajstić information content (AvgIpc) is 3.73. The molecular weight excluding hydrogens is 664 g/mol. The van der Waals surface area contributed by atoms with Gasteiger partial charge in [0, 0.05) is 0 Å². The maximum atomic E-state index is 9.41. The summed E-state index contributed by atoms with van der Waals surface area (Å²) < 4.78 is 23.0. The molecule has 3 N–H and O–H groups in total. The normalized spacial score (nSPS) is 28.0. The molecular formula is C46H92O7. The Morgan fingerprint density at radius 2 is 0.906 bits per heavy atom. The van der Waals surface area contributed by atoms with Crippen molar-refractivity contribution < 1.29 is 34.3 Å². The molecule has 7 heteroatoms. The highest BCUT2D eigenvalue weighted by Gasteiger charge is 2.36. The zero-order valence-electron chi connectivity index (χ0n) is 38.3. The first-order chi connectivity index (χ1) is 23.9. The molecule has 0 radical (unpaired) electrons. The van der Waals surface area contributed by atoms with Crippen LogP contribution in [0.2, 0.25) is 0 Å². The van der Waals surface area contributed by atoms with Gasteiger partial charge in [0.05, 0.1) is 67.1 Å². The molecule has 0 aromatic rings. The van der Waals surface area contributed by atoms with Crippen LogP contribution >= 0.6 is 0 Å². The molecule has 318 valence electrons. The zero-order valence-corrected chi connectivity index (χ0v) is 38.3. The van der Waals surface area contributed by atoms with Gasteiger partial charge in [-0.2, -0.15) is 0 Å². The number of hydrogen-bond donors (Lipinski definition) is 3. The lowest BCUT2D eigenvalue weighted by molar-refractivity contribution is -0.162. The van der Waals surface area contributed by atoms with E-state index in [1.807, 2.05) is 34.6 Å². The van der Waals surface area contributed by atoms with E-state index in [4.69, 9.17) is 18.9 Å². The summed E-state index contributed by atoms with van der Waals surface area (Å²) in [5.41, 5.74) is 0.398. The summed E-state index contributed by atoms with van der Waals surface area (Å²) in [6.07, 6.45) is 15.7. The first-order valence-electron chi connectivity index (χ1n) is 21.5. The molecule has 1 aliphatic heterocycles. The fraction of sp³-hybridized carbons (Fsp3) is 1.00. The van der Waals surface area contributed by atoms with Crippen LogP contribution in [0.1, 0.15) is 195 Å². The summed E-state index contributed by atoms with van der Waals surface area (Å²) in [5.74, 6) is 1.84. The lowest BCUT2D eigenvalue weighted by atomic mass is 9.70. The Morgan fingerprint density at radius 1 is 0.585 bits per heavy atom. The number of aliphatic hydroxyl groups excluding tert-OH is 3. The third kappa shape index (κ3) is 22.3. The van der Waals surface area contributed by atoms with Gasteiger partial charge in [-0.1, -0.05) is 60.8 Å². The van der Waals surface area contributed by atoms with Crippen LogP contribution in [0.15, 0.2) is 0 Å². The second-order valence-corrected chi connectivity index (χ2v) is 22.4. The predicted molar refractivity (Wildman–Crippen MR) is 222 cm³/mol. The van der Waals surface area contributed by atoms with Gasteiger partial charge in [-0.3, -0.25) is 0 Å². The van der Waals surface area contributed by atoms with Gasteiger partial charge < -0.3 is 34.3 Å². The molecule has 0 spiro atoms. The molecule has 3 aliphatic carbocycles. The van der Waals surface area contributed by atoms with Gasteiger partial charge in [-0.15, -0.1) is 0 Å². The van der Waals surface area contributed by atoms with Gasteiger partial charge in [-0.25, -0.2) is 0 Å². The van der Waals surface area contributed by atoms with Crippen molar-refractivity contribution in [1.82, 2.24) is 0 Å². The topological polar surface area (TPSA) is 101 Å². The average molecular weight is 757 g/mol. The van der Waals surface area contributed by atoms with Crippen molar-refractivity contribution in [3.63, 3.8) is 0 Å². The first kappa shape index (κ1) is 50.7. The van der Waals surface area contributed by atoms with Crippen LogP contribution in [-0.2, 0) is 18.9 Å². The van der Waals surface area contributed by atoms with Crippen LogP contribution < -0.4 is 0 Å². The largest absolute Gasteiger partial charge is 0.393 e. The van der Waals surface area contributed by atoms with Crippen molar-refractivity contribution >= 4 is 0 Å². The Kier molecular flexibility index (Phi) is 20.0. The SMILES string of the molecule is CC(O)C1CCCC(C)(C)C1.CC(OC(C)(C)CO)C1CCCC(C)(C)C1.CC(OC(C)(C)COC(C)(C)CO)C1CCCC(C)(C)C1.CC1(C)CO1. The van der Waals surface area contributed by atoms with Crippen LogP contribution in [0.25, 0.3) is 0 Å². The lowest BCUT2D eigenvalue weighted by Crippen LogP contribution is -2.42. The Hall–Kier alpha value is -0.280. The smallest absolute Gasteiger partial charge is 0.0863 e. The first-order valence-corrected chi connectivity index (χ1v) is 21.5. The van der Waals surface area contributed by atoms with E-state index >= 15 is 0 Å². The third-order valence-corrected chi connectivity index (χ3v) is 12.0. The summed E-state index contributed by atoms with van der Waals surface area (Å²) >= 11 is 0. The highest BCUT2D eigenvalue weighted by Crippen LogP contribution is 2.43. The van der Waals surface area contributed by atoms with Crippen LogP contribution in [0, 0.1) is 34.0 Å². The molecule has 6 atom stereocenters. The molecule has 1 heterocycles. The van der Waals surface area contributed by atoms with Crippen molar-refractivity contribution in [2.45, 2.75) is 235 Å². The number of epoxide rings is 1. The minimum atomic E-state index is -0.503. The van der Waals surface area contributed by atoms with E-state index < -0.39 is 11.2 Å². The molecule has 7 nitrogen and oxygen atoms in total. The number of rotatable bonds is 12. The van der Waals surface area contributed by atoms with Crippen LogP contribution in [0.4, 0.5) is 0 Å². The highest BCUT2D eigenvalue weighted by molar-refractivity contribution is 4.86. The van der Waals surface area contributed by atoms with Crippen molar-refractivity contribution in [1.29, 1.82) is 0 Å². The molecule has 0 aromatic heterocycles. The molecule has 53 heavy (non-hydrogen) atoms. The molecule has 6 unspecified atom stereocenters. The van der Waals surface area contributed by atoms with E-state index in [0.717, 1.165) is 6.61 Å². The summed E-state index contributed by atoms with van der Waals surface area (Å²) in [6, 6.07) is 0. The third-order valence-electron chi connectivity index (χ3n) is 12.0. The fourth-order valence-electron chi connectivity index (χ4n) is 8.31. The van der Waals surface area contributed by atoms with E-state index in [2.05, 4.69) is 83.1 Å². The Balaban J connectivity index is 0.000000386. The second kappa shape index (κ2) is 20.9. The number of hydrogen-bond acceptors (Lipinski definition) is 7. The number of ether oxygens (including phenoxy) is 4. The van der Waals surface area contributed by atoms with Crippen molar-refractivity contribution in [2.24, 2.45) is 34.0 Å². The maximum absolute atomic E-state index is 9.41. The van der Waals surface area contributed by atoms with Crippen LogP contribution in [-0.4, -0.2) is 82.5 Å². The maximum Gasteiger partial charge on any atom is 0.0863 e. The van der Waals surface area contributed by atoms with Crippen molar-refractivity contribution in [3.05, 3.63) is 0 Å². The molecule has 4 fully saturated rings. The van der Waals surface area contributed by atoms with Crippen LogP contribution in [0.5, 0.6) is 0 Å². The van der Waals surface area contributed by atoms with Gasteiger partial charge in [0.2, 0.25) is 0 Å². The van der Waals surface area contributed by atoms with E-state index in [9.17, 15) is 15.3 Å². The van der Waals surface area contributed by atoms with Gasteiger partial charge in [-0.05, 0) is 168 Å². The standard InChI is InChI=1S/C18H36O3.C14H28O2.C10H20O.C4H8O/c1-14(15-9-8-10-16(2,3)11-15)21-18(6,7)13-20-17(4,5)12-19;1-11(16-14(4,5)10-15)12-7-6-8-13(2,3)9-12;1-8(11)9-5-4-6-10(2,3)7-9;1-4(2)3-5-4/h14-15,19H,8-13H2,1-7H3;11-12,15H,6-10H2,1-5H3;8-9,11H,4-7H2,1-3H3;3H2,1-2H3. The summed E-state index contributed by atoms with van der Waals surface area (Å²) in [4.78, 5) is 0. The van der Waals surface area contributed by atoms with Crippen molar-refractivity contribution in [2.75, 3.05) is 26.4 Å².